The van der Waals surface area contributed by atoms with Crippen molar-refractivity contribution in [2.75, 3.05) is 38.5 Å². The first-order chi connectivity index (χ1) is 20.2. The maximum atomic E-state index is 13.0. The zero-order chi connectivity index (χ0) is 28.3. The van der Waals surface area contributed by atoms with Gasteiger partial charge in [0.1, 0.15) is 0 Å². The predicted molar refractivity (Wildman–Crippen MR) is 172 cm³/mol. The number of carbonyl (C=O) groups excluding carboxylic acids is 1. The Morgan fingerprint density at radius 2 is 1.49 bits per heavy atom. The van der Waals surface area contributed by atoms with Gasteiger partial charge in [-0.3, -0.25) is 9.69 Å². The maximum absolute atomic E-state index is 13.0. The van der Waals surface area contributed by atoms with Crippen molar-refractivity contribution in [3.63, 3.8) is 0 Å². The van der Waals surface area contributed by atoms with E-state index in [1.54, 1.807) is 11.8 Å². The lowest BCUT2D eigenvalue weighted by atomic mass is 10.0. The van der Waals surface area contributed by atoms with E-state index in [-0.39, 0.29) is 5.91 Å². The topological polar surface area (TPSA) is 41.4 Å². The fraction of sp³-hybridized carbons (Fsp3) is 0.314. The lowest BCUT2D eigenvalue weighted by Gasteiger charge is -2.34. The van der Waals surface area contributed by atoms with Crippen molar-refractivity contribution >= 4 is 23.7 Å². The number of aromatic nitrogens is 2. The third-order valence-electron chi connectivity index (χ3n) is 7.44. The van der Waals surface area contributed by atoms with E-state index < -0.39 is 0 Å². The average Bonchev–Trinajstić information content (AvgIpc) is 3.39. The largest absolute Gasteiger partial charge is 0.340 e. The van der Waals surface area contributed by atoms with Crippen molar-refractivity contribution in [3.8, 4) is 22.5 Å². The molecule has 0 bridgehead atoms. The van der Waals surface area contributed by atoms with Crippen LogP contribution >= 0.6 is 11.8 Å². The van der Waals surface area contributed by atoms with Crippen LogP contribution in [0.1, 0.15) is 31.7 Å². The fourth-order valence-electron chi connectivity index (χ4n) is 5.29. The zero-order valence-corrected chi connectivity index (χ0v) is 24.8. The van der Waals surface area contributed by atoms with Crippen LogP contribution in [0, 0.1) is 0 Å². The molecular formula is C35H40N4OS. The first kappa shape index (κ1) is 28.9. The van der Waals surface area contributed by atoms with Crippen molar-refractivity contribution < 1.29 is 4.79 Å². The van der Waals surface area contributed by atoms with Gasteiger partial charge in [0.25, 0.3) is 0 Å². The van der Waals surface area contributed by atoms with Gasteiger partial charge in [0.15, 0.2) is 5.16 Å². The number of benzene rings is 3. The van der Waals surface area contributed by atoms with E-state index in [1.165, 1.54) is 16.8 Å². The van der Waals surface area contributed by atoms with Crippen LogP contribution in [0.4, 0.5) is 0 Å². The highest BCUT2D eigenvalue weighted by molar-refractivity contribution is 7.99. The molecule has 0 aliphatic carbocycles. The molecule has 0 spiro atoms. The summed E-state index contributed by atoms with van der Waals surface area (Å²) in [5.41, 5.74) is 5.75. The van der Waals surface area contributed by atoms with Crippen molar-refractivity contribution in [1.82, 2.24) is 19.4 Å². The van der Waals surface area contributed by atoms with Crippen LogP contribution in [0.2, 0.25) is 0 Å². The van der Waals surface area contributed by atoms with Gasteiger partial charge in [-0.1, -0.05) is 122 Å². The van der Waals surface area contributed by atoms with E-state index in [0.717, 1.165) is 74.3 Å². The lowest BCUT2D eigenvalue weighted by molar-refractivity contribution is -0.132. The molecule has 2 heterocycles. The zero-order valence-electron chi connectivity index (χ0n) is 24.0. The molecule has 1 aliphatic rings. The van der Waals surface area contributed by atoms with Gasteiger partial charge in [-0.15, -0.1) is 0 Å². The van der Waals surface area contributed by atoms with Crippen LogP contribution in [-0.4, -0.2) is 63.7 Å². The van der Waals surface area contributed by atoms with E-state index in [1.807, 2.05) is 17.0 Å². The number of piperazine rings is 1. The number of imidazole rings is 1. The SMILES string of the molecule is CCCn1c(SCCCC(=O)N2CCN(CC=Cc3ccccc3)CC2)nc(-c2ccccc2)c1-c1ccccc1. The number of amides is 1. The first-order valence-corrected chi connectivity index (χ1v) is 15.8. The number of carbonyl (C=O) groups is 1. The summed E-state index contributed by atoms with van der Waals surface area (Å²) < 4.78 is 2.37. The normalized spacial score (nSPS) is 14.1. The molecule has 212 valence electrons. The van der Waals surface area contributed by atoms with Crippen LogP contribution in [-0.2, 0) is 11.3 Å². The Labute approximate surface area is 248 Å². The van der Waals surface area contributed by atoms with E-state index in [2.05, 4.69) is 107 Å². The van der Waals surface area contributed by atoms with Crippen LogP contribution < -0.4 is 0 Å². The minimum absolute atomic E-state index is 0.275. The summed E-state index contributed by atoms with van der Waals surface area (Å²) in [5.74, 6) is 1.15. The molecule has 0 saturated carbocycles. The van der Waals surface area contributed by atoms with E-state index in [0.29, 0.717) is 6.42 Å². The smallest absolute Gasteiger partial charge is 0.222 e. The molecule has 1 aliphatic heterocycles. The molecule has 0 atom stereocenters. The van der Waals surface area contributed by atoms with Gasteiger partial charge in [-0.05, 0) is 18.4 Å². The van der Waals surface area contributed by atoms with Crippen molar-refractivity contribution in [2.45, 2.75) is 37.9 Å². The average molecular weight is 565 g/mol. The van der Waals surface area contributed by atoms with Crippen molar-refractivity contribution in [3.05, 3.63) is 103 Å². The minimum atomic E-state index is 0.275. The summed E-state index contributed by atoms with van der Waals surface area (Å²) in [6.45, 7) is 7.53. The molecule has 0 unspecified atom stereocenters. The summed E-state index contributed by atoms with van der Waals surface area (Å²) >= 11 is 1.77. The van der Waals surface area contributed by atoms with Gasteiger partial charge in [0.05, 0.1) is 11.4 Å². The Bertz CT molecular complexity index is 1390. The van der Waals surface area contributed by atoms with Crippen molar-refractivity contribution in [2.24, 2.45) is 0 Å². The van der Waals surface area contributed by atoms with Crippen LogP contribution in [0.15, 0.2) is 102 Å². The molecule has 3 aromatic carbocycles. The van der Waals surface area contributed by atoms with E-state index in [4.69, 9.17) is 4.98 Å². The first-order valence-electron chi connectivity index (χ1n) is 14.8. The Kier molecular flexibility index (Phi) is 10.5. The Hall–Kier alpha value is -3.61. The highest BCUT2D eigenvalue weighted by Gasteiger charge is 2.22. The number of rotatable bonds is 12. The highest BCUT2D eigenvalue weighted by Crippen LogP contribution is 2.36. The standard InChI is InChI=1S/C35H40N4OS/c1-2-22-39-34(31-19-10-5-11-20-31)33(30-17-8-4-9-18-30)36-35(39)41-28-13-21-32(40)38-26-24-37(25-27-38)23-12-16-29-14-6-3-7-15-29/h3-12,14-20H,2,13,21-28H2,1H3. The van der Waals surface area contributed by atoms with Gasteiger partial charge in [-0.25, -0.2) is 4.98 Å². The molecule has 1 fully saturated rings. The summed E-state index contributed by atoms with van der Waals surface area (Å²) in [7, 11) is 0. The third-order valence-corrected chi connectivity index (χ3v) is 8.50. The van der Waals surface area contributed by atoms with Crippen LogP contribution in [0.5, 0.6) is 0 Å². The Balaban J connectivity index is 1.15. The summed E-state index contributed by atoms with van der Waals surface area (Å²) in [6, 6.07) is 31.4. The van der Waals surface area contributed by atoms with E-state index in [9.17, 15) is 4.79 Å². The Morgan fingerprint density at radius 1 is 0.854 bits per heavy atom. The van der Waals surface area contributed by atoms with Gasteiger partial charge in [-0.2, -0.15) is 0 Å². The second kappa shape index (κ2) is 14.9. The lowest BCUT2D eigenvalue weighted by Crippen LogP contribution is -2.48. The molecule has 6 heteroatoms. The second-order valence-electron chi connectivity index (χ2n) is 10.4. The summed E-state index contributed by atoms with van der Waals surface area (Å²) in [5, 5.41) is 1.04. The molecule has 1 aromatic heterocycles. The Morgan fingerprint density at radius 3 is 2.15 bits per heavy atom. The summed E-state index contributed by atoms with van der Waals surface area (Å²) in [4.78, 5) is 22.6. The monoisotopic (exact) mass is 564 g/mol. The molecule has 0 radical (unpaired) electrons. The molecular weight excluding hydrogens is 524 g/mol. The number of nitrogens with zero attached hydrogens (tertiary/aromatic N) is 4. The molecule has 4 aromatic rings. The van der Waals surface area contributed by atoms with Crippen LogP contribution in [0.3, 0.4) is 0 Å². The second-order valence-corrected chi connectivity index (χ2v) is 11.5. The molecule has 5 rings (SSSR count). The predicted octanol–water partition coefficient (Wildman–Crippen LogP) is 7.36. The van der Waals surface area contributed by atoms with E-state index >= 15 is 0 Å². The fourth-order valence-corrected chi connectivity index (χ4v) is 6.25. The molecule has 0 N–H and O–H groups in total. The molecule has 5 nitrogen and oxygen atoms in total. The van der Waals surface area contributed by atoms with Gasteiger partial charge in [0.2, 0.25) is 5.91 Å². The molecule has 1 saturated heterocycles. The molecule has 1 amide bonds. The number of hydrogen-bond acceptors (Lipinski definition) is 4. The van der Waals surface area contributed by atoms with Gasteiger partial charge < -0.3 is 9.47 Å². The number of hydrogen-bond donors (Lipinski definition) is 0. The quantitative estimate of drug-likeness (QED) is 0.133. The van der Waals surface area contributed by atoms with Crippen LogP contribution in [0.25, 0.3) is 28.6 Å². The summed E-state index contributed by atoms with van der Waals surface area (Å²) in [6.07, 6.45) is 6.87. The van der Waals surface area contributed by atoms with Gasteiger partial charge in [0, 0.05) is 62.6 Å². The van der Waals surface area contributed by atoms with Crippen molar-refractivity contribution in [1.29, 1.82) is 0 Å². The maximum Gasteiger partial charge on any atom is 0.222 e. The number of thioether (sulfide) groups is 1. The third kappa shape index (κ3) is 7.78. The van der Waals surface area contributed by atoms with Gasteiger partial charge >= 0.3 is 0 Å². The molecule has 41 heavy (non-hydrogen) atoms. The highest BCUT2D eigenvalue weighted by atomic mass is 32.2. The minimum Gasteiger partial charge on any atom is -0.340 e.